The van der Waals surface area contributed by atoms with E-state index in [1.807, 2.05) is 14.0 Å². The summed E-state index contributed by atoms with van der Waals surface area (Å²) in [4.78, 5) is 3.81. The third-order valence-corrected chi connectivity index (χ3v) is 0.697. The molecule has 0 spiro atoms. The van der Waals surface area contributed by atoms with E-state index >= 15 is 0 Å². The predicted octanol–water partition coefficient (Wildman–Crippen LogP) is 0.503. The van der Waals surface area contributed by atoms with Crippen molar-refractivity contribution in [2.45, 2.75) is 6.92 Å². The molecule has 46 valence electrons. The summed E-state index contributed by atoms with van der Waals surface area (Å²) < 4.78 is 0. The smallest absolute Gasteiger partial charge is 0.0925 e. The zero-order chi connectivity index (χ0) is 6.99. The van der Waals surface area contributed by atoms with Gasteiger partial charge in [0.1, 0.15) is 0 Å². The average Bonchev–Trinajstić information content (AvgIpc) is 1.91. The van der Waals surface area contributed by atoms with Gasteiger partial charge in [-0.1, -0.05) is 0 Å². The van der Waals surface area contributed by atoms with Crippen LogP contribution in [0.5, 0.6) is 0 Å². The maximum absolute atomic E-state index is 4.00. The number of terminal acetylenes is 1. The molecule has 0 radical (unpaired) electrons. The number of hydrogen-bond donors (Lipinski definition) is 1. The molecule has 0 atom stereocenters. The average molecular weight is 112 g/mol. The molecular weight excluding hydrogens is 100 g/mol. The monoisotopic (exact) mass is 112 g/mol. The summed E-state index contributed by atoms with van der Waals surface area (Å²) in [7, 11) is 3.61. The minimum absolute atomic E-state index is 0.968. The Morgan fingerprint density at radius 3 is 1.88 bits per heavy atom. The molecule has 8 heavy (non-hydrogen) atoms. The van der Waals surface area contributed by atoms with Crippen LogP contribution in [0.25, 0.3) is 0 Å². The summed E-state index contributed by atoms with van der Waals surface area (Å²) in [6.07, 6.45) is 8.00. The molecule has 1 N–H and O–H groups in total. The van der Waals surface area contributed by atoms with Gasteiger partial charge in [-0.3, -0.25) is 4.99 Å². The van der Waals surface area contributed by atoms with Gasteiger partial charge in [-0.15, -0.1) is 12.8 Å². The molecule has 0 aromatic heterocycles. The van der Waals surface area contributed by atoms with Crippen molar-refractivity contribution in [2.75, 3.05) is 14.1 Å². The first-order chi connectivity index (χ1) is 3.81. The van der Waals surface area contributed by atoms with Crippen LogP contribution in [0.2, 0.25) is 0 Å². The first kappa shape index (κ1) is 10.1. The van der Waals surface area contributed by atoms with Crippen molar-refractivity contribution in [1.29, 1.82) is 0 Å². The molecule has 0 bridgehead atoms. The van der Waals surface area contributed by atoms with Gasteiger partial charge < -0.3 is 5.32 Å². The largest absolute Gasteiger partial charge is 0.377 e. The molecule has 0 aliphatic heterocycles. The fraction of sp³-hybridized carbons (Fsp3) is 0.500. The summed E-state index contributed by atoms with van der Waals surface area (Å²) in [5.41, 5.74) is 0. The molecule has 0 aliphatic carbocycles. The highest BCUT2D eigenvalue weighted by Crippen LogP contribution is 1.59. The van der Waals surface area contributed by atoms with E-state index in [4.69, 9.17) is 0 Å². The molecular formula is C6H12N2. The Hall–Kier alpha value is -0.970. The van der Waals surface area contributed by atoms with Crippen LogP contribution in [0.1, 0.15) is 6.92 Å². The van der Waals surface area contributed by atoms with Crippen molar-refractivity contribution in [3.8, 4) is 12.8 Å². The van der Waals surface area contributed by atoms with Crippen LogP contribution in [-0.2, 0) is 0 Å². The summed E-state index contributed by atoms with van der Waals surface area (Å²) in [6.45, 7) is 1.92. The van der Waals surface area contributed by atoms with Crippen molar-refractivity contribution in [3.05, 3.63) is 0 Å². The Labute approximate surface area is 51.0 Å². The Balaban J connectivity index is 0. The van der Waals surface area contributed by atoms with Crippen LogP contribution in [0.3, 0.4) is 0 Å². The molecule has 0 aromatic rings. The highest BCUT2D eigenvalue weighted by atomic mass is 14.9. The zero-order valence-electron chi connectivity index (χ0n) is 5.60. The highest BCUT2D eigenvalue weighted by Gasteiger charge is 1.71. The molecule has 0 saturated carbocycles. The van der Waals surface area contributed by atoms with Gasteiger partial charge in [0.25, 0.3) is 0 Å². The number of nitrogens with one attached hydrogen (secondary N) is 1. The second kappa shape index (κ2) is 9.39. The Morgan fingerprint density at radius 1 is 1.50 bits per heavy atom. The van der Waals surface area contributed by atoms with Crippen molar-refractivity contribution >= 4 is 5.84 Å². The van der Waals surface area contributed by atoms with Crippen LogP contribution >= 0.6 is 0 Å². The molecule has 2 nitrogen and oxygen atoms in total. The summed E-state index contributed by atoms with van der Waals surface area (Å²) in [6, 6.07) is 0. The lowest BCUT2D eigenvalue weighted by Gasteiger charge is -1.90. The van der Waals surface area contributed by atoms with Gasteiger partial charge in [0.05, 0.1) is 5.84 Å². The number of aliphatic imine (C=N–C) groups is 1. The maximum Gasteiger partial charge on any atom is 0.0925 e. The van der Waals surface area contributed by atoms with Gasteiger partial charge in [-0.25, -0.2) is 0 Å². The fourth-order valence-electron chi connectivity index (χ4n) is 0.112. The molecule has 0 aromatic carbocycles. The van der Waals surface area contributed by atoms with E-state index in [2.05, 4.69) is 23.2 Å². The standard InChI is InChI=1S/C4H10N2.C2H2/c1-4(5-2)6-3;1-2/h1-3H3,(H,5,6);1-2H. The second-order valence-corrected chi connectivity index (χ2v) is 1.06. The first-order valence-corrected chi connectivity index (χ1v) is 2.25. The molecule has 0 heterocycles. The maximum atomic E-state index is 4.00. The van der Waals surface area contributed by atoms with E-state index in [1.54, 1.807) is 7.05 Å². The summed E-state index contributed by atoms with van der Waals surface area (Å²) in [5, 5.41) is 2.86. The minimum Gasteiger partial charge on any atom is -0.377 e. The molecule has 0 fully saturated rings. The van der Waals surface area contributed by atoms with Gasteiger partial charge >= 0.3 is 0 Å². The number of nitrogens with zero attached hydrogens (tertiary/aromatic N) is 1. The van der Waals surface area contributed by atoms with Crippen LogP contribution in [0, 0.1) is 12.8 Å². The molecule has 0 amide bonds. The summed E-state index contributed by atoms with van der Waals surface area (Å²) >= 11 is 0. The molecule has 0 unspecified atom stereocenters. The van der Waals surface area contributed by atoms with Crippen LogP contribution < -0.4 is 5.32 Å². The normalized spacial score (nSPS) is 8.88. The Morgan fingerprint density at radius 2 is 1.88 bits per heavy atom. The van der Waals surface area contributed by atoms with E-state index in [1.165, 1.54) is 0 Å². The lowest BCUT2D eigenvalue weighted by molar-refractivity contribution is 1.14. The highest BCUT2D eigenvalue weighted by molar-refractivity contribution is 5.78. The topological polar surface area (TPSA) is 24.4 Å². The molecule has 2 heteroatoms. The first-order valence-electron chi connectivity index (χ1n) is 2.25. The SMILES string of the molecule is C#C.CN=C(C)NC. The Bertz CT molecular complexity index is 81.8. The van der Waals surface area contributed by atoms with Crippen LogP contribution in [0.15, 0.2) is 4.99 Å². The second-order valence-electron chi connectivity index (χ2n) is 1.06. The zero-order valence-corrected chi connectivity index (χ0v) is 5.60. The molecule has 0 saturated heterocycles. The third-order valence-electron chi connectivity index (χ3n) is 0.697. The van der Waals surface area contributed by atoms with E-state index in [9.17, 15) is 0 Å². The van der Waals surface area contributed by atoms with Crippen LogP contribution in [-0.4, -0.2) is 19.9 Å². The van der Waals surface area contributed by atoms with Gasteiger partial charge in [0.15, 0.2) is 0 Å². The quantitative estimate of drug-likeness (QED) is 0.275. The van der Waals surface area contributed by atoms with Crippen LogP contribution in [0.4, 0.5) is 0 Å². The van der Waals surface area contributed by atoms with Crippen molar-refractivity contribution in [3.63, 3.8) is 0 Å². The number of hydrogen-bond acceptors (Lipinski definition) is 1. The third kappa shape index (κ3) is 8.90. The van der Waals surface area contributed by atoms with E-state index in [-0.39, 0.29) is 0 Å². The summed E-state index contributed by atoms with van der Waals surface area (Å²) in [5.74, 6) is 0.968. The van der Waals surface area contributed by atoms with Gasteiger partial charge in [0.2, 0.25) is 0 Å². The van der Waals surface area contributed by atoms with E-state index in [0.717, 1.165) is 5.84 Å². The number of rotatable bonds is 0. The number of amidine groups is 1. The lowest BCUT2D eigenvalue weighted by atomic mass is 10.7. The lowest BCUT2D eigenvalue weighted by Crippen LogP contribution is -2.12. The van der Waals surface area contributed by atoms with E-state index < -0.39 is 0 Å². The Kier molecular flexibility index (Phi) is 11.9. The van der Waals surface area contributed by atoms with E-state index in [0.29, 0.717) is 0 Å². The van der Waals surface area contributed by atoms with Crippen molar-refractivity contribution in [2.24, 2.45) is 4.99 Å². The predicted molar refractivity (Wildman–Crippen MR) is 38.0 cm³/mol. The van der Waals surface area contributed by atoms with Crippen molar-refractivity contribution in [1.82, 2.24) is 5.32 Å². The van der Waals surface area contributed by atoms with Gasteiger partial charge in [-0.2, -0.15) is 0 Å². The van der Waals surface area contributed by atoms with Gasteiger partial charge in [-0.05, 0) is 6.92 Å². The fourth-order valence-corrected chi connectivity index (χ4v) is 0.112. The molecule has 0 aliphatic rings. The molecule has 0 rings (SSSR count). The van der Waals surface area contributed by atoms with Gasteiger partial charge in [0, 0.05) is 14.1 Å². The minimum atomic E-state index is 0.968. The van der Waals surface area contributed by atoms with Crippen molar-refractivity contribution < 1.29 is 0 Å².